The van der Waals surface area contributed by atoms with Crippen molar-refractivity contribution in [3.05, 3.63) is 11.8 Å². The van der Waals surface area contributed by atoms with Crippen LogP contribution in [0.15, 0.2) is 6.07 Å². The molecule has 2 N–H and O–H groups in total. The lowest BCUT2D eigenvalue weighted by Gasteiger charge is -2.31. The number of hydrogen-bond acceptors (Lipinski definition) is 6. The van der Waals surface area contributed by atoms with Gasteiger partial charge in [0.1, 0.15) is 5.60 Å². The van der Waals surface area contributed by atoms with Crippen LogP contribution in [0.1, 0.15) is 58.1 Å². The standard InChI is InChI=1S/C18H27N3O5/c1-18(2,3)26-17(24)21-14(12-8-13(22)9-12)10-15(20-21)19-16(23)11-4-6-25-7-5-11/h10-13,22H,4-9H2,1-3H3,(H,19,20,23). The molecule has 26 heavy (non-hydrogen) atoms. The zero-order valence-corrected chi connectivity index (χ0v) is 15.5. The molecule has 1 aliphatic heterocycles. The fraction of sp³-hybridized carbons (Fsp3) is 0.722. The Morgan fingerprint density at radius 2 is 1.96 bits per heavy atom. The van der Waals surface area contributed by atoms with Gasteiger partial charge in [-0.25, -0.2) is 4.79 Å². The van der Waals surface area contributed by atoms with Gasteiger partial charge in [-0.3, -0.25) is 4.79 Å². The fourth-order valence-corrected chi connectivity index (χ4v) is 3.22. The maximum Gasteiger partial charge on any atom is 0.435 e. The Kier molecular flexibility index (Phi) is 5.34. The van der Waals surface area contributed by atoms with Crippen molar-refractivity contribution in [3.63, 3.8) is 0 Å². The topological polar surface area (TPSA) is 103 Å². The Bertz CT molecular complexity index is 667. The third-order valence-corrected chi connectivity index (χ3v) is 4.68. The Labute approximate surface area is 152 Å². The van der Waals surface area contributed by atoms with Crippen LogP contribution in [0.3, 0.4) is 0 Å². The first-order valence-corrected chi connectivity index (χ1v) is 9.13. The largest absolute Gasteiger partial charge is 0.442 e. The van der Waals surface area contributed by atoms with Gasteiger partial charge >= 0.3 is 6.09 Å². The van der Waals surface area contributed by atoms with Crippen molar-refractivity contribution in [2.45, 2.75) is 64.1 Å². The second kappa shape index (κ2) is 7.36. The number of ether oxygens (including phenoxy) is 2. The molecule has 0 aromatic carbocycles. The molecule has 1 saturated heterocycles. The van der Waals surface area contributed by atoms with Crippen LogP contribution in [0.4, 0.5) is 10.6 Å². The minimum absolute atomic E-state index is 0.0266. The molecule has 0 atom stereocenters. The summed E-state index contributed by atoms with van der Waals surface area (Å²) in [6, 6.07) is 1.71. The van der Waals surface area contributed by atoms with Crippen LogP contribution in [0.2, 0.25) is 0 Å². The van der Waals surface area contributed by atoms with Crippen molar-refractivity contribution in [2.75, 3.05) is 18.5 Å². The predicted molar refractivity (Wildman–Crippen MR) is 94.0 cm³/mol. The van der Waals surface area contributed by atoms with Crippen molar-refractivity contribution >= 4 is 17.8 Å². The molecule has 8 heteroatoms. The van der Waals surface area contributed by atoms with E-state index >= 15 is 0 Å². The number of aliphatic hydroxyl groups excluding tert-OH is 1. The van der Waals surface area contributed by atoms with Crippen LogP contribution in [0.5, 0.6) is 0 Å². The van der Waals surface area contributed by atoms with Crippen molar-refractivity contribution in [3.8, 4) is 0 Å². The van der Waals surface area contributed by atoms with Crippen molar-refractivity contribution in [2.24, 2.45) is 5.92 Å². The molecule has 1 aromatic rings. The van der Waals surface area contributed by atoms with E-state index in [1.54, 1.807) is 26.8 Å². The van der Waals surface area contributed by atoms with Crippen LogP contribution in [-0.2, 0) is 14.3 Å². The molecule has 8 nitrogen and oxygen atoms in total. The van der Waals surface area contributed by atoms with Gasteiger partial charge in [-0.1, -0.05) is 0 Å². The molecule has 0 bridgehead atoms. The van der Waals surface area contributed by atoms with Crippen molar-refractivity contribution in [1.82, 2.24) is 9.78 Å². The molecule has 1 amide bonds. The van der Waals surface area contributed by atoms with Gasteiger partial charge in [0.15, 0.2) is 5.82 Å². The molecule has 0 unspecified atom stereocenters. The van der Waals surface area contributed by atoms with Gasteiger partial charge in [-0.05, 0) is 46.5 Å². The zero-order valence-electron chi connectivity index (χ0n) is 15.5. The van der Waals surface area contributed by atoms with Crippen LogP contribution in [0, 0.1) is 5.92 Å². The number of aliphatic hydroxyl groups is 1. The minimum Gasteiger partial charge on any atom is -0.442 e. The van der Waals surface area contributed by atoms with Crippen LogP contribution < -0.4 is 5.32 Å². The van der Waals surface area contributed by atoms with Crippen molar-refractivity contribution < 1.29 is 24.2 Å². The Hall–Kier alpha value is -1.93. The minimum atomic E-state index is -0.648. The van der Waals surface area contributed by atoms with E-state index < -0.39 is 11.7 Å². The molecule has 1 aromatic heterocycles. The number of hydrogen-bond donors (Lipinski definition) is 2. The summed E-state index contributed by atoms with van der Waals surface area (Å²) >= 11 is 0. The SMILES string of the molecule is CC(C)(C)OC(=O)n1nc(NC(=O)C2CCOCC2)cc1C1CC(O)C1. The van der Waals surface area contributed by atoms with Gasteiger partial charge in [0, 0.05) is 31.1 Å². The molecule has 0 radical (unpaired) electrons. The summed E-state index contributed by atoms with van der Waals surface area (Å²) in [6.07, 6.45) is 1.56. The molecule has 0 spiro atoms. The summed E-state index contributed by atoms with van der Waals surface area (Å²) in [5, 5.41) is 16.7. The van der Waals surface area contributed by atoms with Gasteiger partial charge in [-0.15, -0.1) is 5.10 Å². The molecule has 1 saturated carbocycles. The average molecular weight is 365 g/mol. The first-order chi connectivity index (χ1) is 12.2. The van der Waals surface area contributed by atoms with E-state index in [2.05, 4.69) is 10.4 Å². The van der Waals surface area contributed by atoms with E-state index in [1.807, 2.05) is 0 Å². The number of rotatable bonds is 3. The van der Waals surface area contributed by atoms with Gasteiger partial charge in [0.2, 0.25) is 5.91 Å². The van der Waals surface area contributed by atoms with E-state index in [0.29, 0.717) is 50.4 Å². The summed E-state index contributed by atoms with van der Waals surface area (Å²) < 4.78 is 11.9. The highest BCUT2D eigenvalue weighted by atomic mass is 16.6. The molecule has 144 valence electrons. The van der Waals surface area contributed by atoms with Gasteiger partial charge in [0.05, 0.1) is 11.8 Å². The lowest BCUT2D eigenvalue weighted by atomic mass is 9.80. The van der Waals surface area contributed by atoms with Crippen molar-refractivity contribution in [1.29, 1.82) is 0 Å². The summed E-state index contributed by atoms with van der Waals surface area (Å²) in [5.74, 6) is 0.147. The average Bonchev–Trinajstić information content (AvgIpc) is 2.94. The molecule has 2 aliphatic rings. The third-order valence-electron chi connectivity index (χ3n) is 4.68. The lowest BCUT2D eigenvalue weighted by molar-refractivity contribution is -0.122. The number of nitrogens with one attached hydrogen (secondary N) is 1. The second-order valence-electron chi connectivity index (χ2n) is 8.04. The number of carbonyl (C=O) groups is 2. The monoisotopic (exact) mass is 365 g/mol. The molecular formula is C18H27N3O5. The highest BCUT2D eigenvalue weighted by Crippen LogP contribution is 2.38. The van der Waals surface area contributed by atoms with Gasteiger partial charge < -0.3 is 19.9 Å². The third kappa shape index (κ3) is 4.42. The van der Waals surface area contributed by atoms with Crippen LogP contribution in [0.25, 0.3) is 0 Å². The fourth-order valence-electron chi connectivity index (χ4n) is 3.22. The smallest absolute Gasteiger partial charge is 0.435 e. The van der Waals surface area contributed by atoms with Crippen LogP contribution in [-0.4, -0.2) is 51.8 Å². The highest BCUT2D eigenvalue weighted by molar-refractivity contribution is 5.92. The van der Waals surface area contributed by atoms with Crippen LogP contribution >= 0.6 is 0 Å². The Morgan fingerprint density at radius 1 is 1.31 bits per heavy atom. The highest BCUT2D eigenvalue weighted by Gasteiger charge is 2.34. The maximum absolute atomic E-state index is 12.5. The normalized spacial score (nSPS) is 24.0. The zero-order chi connectivity index (χ0) is 18.9. The van der Waals surface area contributed by atoms with E-state index in [4.69, 9.17) is 9.47 Å². The molecular weight excluding hydrogens is 338 g/mol. The molecule has 2 fully saturated rings. The Morgan fingerprint density at radius 3 is 2.54 bits per heavy atom. The number of nitrogens with zero attached hydrogens (tertiary/aromatic N) is 2. The van der Waals surface area contributed by atoms with E-state index in [9.17, 15) is 14.7 Å². The molecule has 2 heterocycles. The second-order valence-corrected chi connectivity index (χ2v) is 8.04. The van der Waals surface area contributed by atoms with E-state index in [1.165, 1.54) is 4.68 Å². The van der Waals surface area contributed by atoms with Gasteiger partial charge in [0.25, 0.3) is 0 Å². The number of anilines is 1. The summed E-state index contributed by atoms with van der Waals surface area (Å²) in [6.45, 7) is 6.52. The maximum atomic E-state index is 12.5. The quantitative estimate of drug-likeness (QED) is 0.852. The number of amides is 1. The van der Waals surface area contributed by atoms with E-state index in [0.717, 1.165) is 0 Å². The molecule has 3 rings (SSSR count). The summed E-state index contributed by atoms with van der Waals surface area (Å²) in [7, 11) is 0. The van der Waals surface area contributed by atoms with E-state index in [-0.39, 0.29) is 23.8 Å². The Balaban J connectivity index is 1.77. The number of carbonyl (C=O) groups excluding carboxylic acids is 2. The first-order valence-electron chi connectivity index (χ1n) is 9.13. The molecule has 1 aliphatic carbocycles. The summed E-state index contributed by atoms with van der Waals surface area (Å²) in [4.78, 5) is 24.9. The predicted octanol–water partition coefficient (Wildman–Crippen LogP) is 2.27. The summed E-state index contributed by atoms with van der Waals surface area (Å²) in [5.41, 5.74) is 0.0112. The first kappa shape index (κ1) is 18.8. The van der Waals surface area contributed by atoms with Gasteiger partial charge in [-0.2, -0.15) is 4.68 Å². The lowest BCUT2D eigenvalue weighted by Crippen LogP contribution is -2.33. The number of aromatic nitrogens is 2.